The molecule has 182 valence electrons. The number of hydrogen-bond donors (Lipinski definition) is 1. The zero-order valence-electron chi connectivity index (χ0n) is 20.1. The summed E-state index contributed by atoms with van der Waals surface area (Å²) in [7, 11) is 1.71. The van der Waals surface area contributed by atoms with Crippen molar-refractivity contribution in [1.29, 1.82) is 0 Å². The molecule has 2 heterocycles. The van der Waals surface area contributed by atoms with E-state index in [-0.39, 0.29) is 6.61 Å². The first kappa shape index (κ1) is 25.4. The normalized spacial score (nSPS) is 17.5. The van der Waals surface area contributed by atoms with E-state index in [1.165, 1.54) is 6.42 Å². The molecule has 3 rings (SSSR count). The molecule has 2 atom stereocenters. The third-order valence-corrected chi connectivity index (χ3v) is 6.10. The van der Waals surface area contributed by atoms with Crippen molar-refractivity contribution in [3.8, 4) is 11.3 Å². The number of anilines is 1. The molecule has 1 fully saturated rings. The quantitative estimate of drug-likeness (QED) is 0.338. The van der Waals surface area contributed by atoms with E-state index in [9.17, 15) is 5.11 Å². The number of aliphatic hydroxyl groups is 1. The largest absolute Gasteiger partial charge is 0.389 e. The maximum absolute atomic E-state index is 10.6. The van der Waals surface area contributed by atoms with Gasteiger partial charge in [-0.1, -0.05) is 41.6 Å². The van der Waals surface area contributed by atoms with Gasteiger partial charge in [0.05, 0.1) is 24.9 Å². The molecule has 0 amide bonds. The predicted octanol–water partition coefficient (Wildman–Crippen LogP) is 4.12. The molecule has 1 N–H and O–H groups in total. The van der Waals surface area contributed by atoms with Crippen LogP contribution in [0.5, 0.6) is 0 Å². The second kappa shape index (κ2) is 13.5. The van der Waals surface area contributed by atoms with E-state index in [4.69, 9.17) is 14.0 Å². The Labute approximate surface area is 198 Å². The lowest BCUT2D eigenvalue weighted by molar-refractivity contribution is 0.0230. The Morgan fingerprint density at radius 1 is 1.33 bits per heavy atom. The van der Waals surface area contributed by atoms with Crippen molar-refractivity contribution < 1.29 is 19.1 Å². The van der Waals surface area contributed by atoms with Crippen molar-refractivity contribution in [1.82, 2.24) is 10.1 Å². The van der Waals surface area contributed by atoms with E-state index < -0.39 is 6.10 Å². The number of methoxy groups -OCH3 is 1. The van der Waals surface area contributed by atoms with Crippen molar-refractivity contribution in [3.63, 3.8) is 0 Å². The minimum Gasteiger partial charge on any atom is -0.389 e. The molecule has 7 heteroatoms. The highest BCUT2D eigenvalue weighted by Crippen LogP contribution is 2.35. The van der Waals surface area contributed by atoms with Crippen LogP contribution >= 0.6 is 0 Å². The SMILES string of the molecule is C=CCOC[C@H](O)CN(CCCOC)Cc1c(-c2ccccc2)noc1N1CCCC[C@H]1C. The molecule has 0 spiro atoms. The van der Waals surface area contributed by atoms with Gasteiger partial charge in [0.1, 0.15) is 5.69 Å². The summed E-state index contributed by atoms with van der Waals surface area (Å²) in [6.45, 7) is 10.2. The second-order valence-electron chi connectivity index (χ2n) is 8.78. The van der Waals surface area contributed by atoms with Crippen LogP contribution in [0.25, 0.3) is 11.3 Å². The van der Waals surface area contributed by atoms with Crippen molar-refractivity contribution in [2.45, 2.75) is 51.3 Å². The summed E-state index contributed by atoms with van der Waals surface area (Å²) >= 11 is 0. The average molecular weight is 458 g/mol. The summed E-state index contributed by atoms with van der Waals surface area (Å²) in [4.78, 5) is 4.60. The lowest BCUT2D eigenvalue weighted by Crippen LogP contribution is -2.39. The van der Waals surface area contributed by atoms with Crippen LogP contribution < -0.4 is 4.90 Å². The van der Waals surface area contributed by atoms with Crippen molar-refractivity contribution >= 4 is 5.88 Å². The first-order valence-electron chi connectivity index (χ1n) is 12.0. The molecule has 0 saturated carbocycles. The third-order valence-electron chi connectivity index (χ3n) is 6.10. The standard InChI is InChI=1S/C26H39N3O4/c1-4-16-32-20-23(30)18-28(14-10-17-31-3)19-24-25(22-12-6-5-7-13-22)27-33-26(24)29-15-9-8-11-21(29)2/h4-7,12-13,21,23,30H,1,8-11,14-20H2,2-3H3/t21-,23-/m1/s1. The molecule has 1 saturated heterocycles. The van der Waals surface area contributed by atoms with Crippen LogP contribution in [0.15, 0.2) is 47.5 Å². The van der Waals surface area contributed by atoms with Crippen LogP contribution in [-0.4, -0.2) is 73.9 Å². The first-order chi connectivity index (χ1) is 16.1. The Bertz CT molecular complexity index is 826. The number of nitrogens with zero attached hydrogens (tertiary/aromatic N) is 3. The molecule has 1 aromatic heterocycles. The number of ether oxygens (including phenoxy) is 2. The smallest absolute Gasteiger partial charge is 0.232 e. The molecule has 0 unspecified atom stereocenters. The molecule has 7 nitrogen and oxygen atoms in total. The molecule has 2 aromatic rings. The Balaban J connectivity index is 1.86. The van der Waals surface area contributed by atoms with Gasteiger partial charge in [-0.15, -0.1) is 6.58 Å². The number of benzene rings is 1. The monoisotopic (exact) mass is 457 g/mol. The van der Waals surface area contributed by atoms with E-state index in [0.717, 1.165) is 55.1 Å². The van der Waals surface area contributed by atoms with Gasteiger partial charge in [0.25, 0.3) is 0 Å². The number of rotatable bonds is 14. The van der Waals surface area contributed by atoms with Gasteiger partial charge in [0, 0.05) is 51.5 Å². The summed E-state index contributed by atoms with van der Waals surface area (Å²) in [6.07, 6.45) is 5.52. The van der Waals surface area contributed by atoms with Crippen LogP contribution in [0.2, 0.25) is 0 Å². The van der Waals surface area contributed by atoms with Gasteiger partial charge in [0.2, 0.25) is 5.88 Å². The zero-order chi connectivity index (χ0) is 23.5. The van der Waals surface area contributed by atoms with E-state index in [1.54, 1.807) is 13.2 Å². The highest BCUT2D eigenvalue weighted by molar-refractivity contribution is 5.68. The highest BCUT2D eigenvalue weighted by atomic mass is 16.5. The van der Waals surface area contributed by atoms with Crippen LogP contribution in [0.4, 0.5) is 5.88 Å². The van der Waals surface area contributed by atoms with Crippen LogP contribution in [-0.2, 0) is 16.0 Å². The number of aromatic nitrogens is 1. The minimum absolute atomic E-state index is 0.276. The molecule has 0 radical (unpaired) electrons. The number of hydrogen-bond acceptors (Lipinski definition) is 7. The van der Waals surface area contributed by atoms with Gasteiger partial charge in [-0.05, 0) is 32.6 Å². The van der Waals surface area contributed by atoms with Gasteiger partial charge in [-0.25, -0.2) is 0 Å². The van der Waals surface area contributed by atoms with E-state index in [2.05, 4.69) is 40.6 Å². The molecule has 1 aromatic carbocycles. The Morgan fingerprint density at radius 3 is 2.88 bits per heavy atom. The van der Waals surface area contributed by atoms with Crippen LogP contribution in [0.1, 0.15) is 38.2 Å². The maximum Gasteiger partial charge on any atom is 0.232 e. The molecule has 0 aliphatic carbocycles. The molecule has 0 bridgehead atoms. The fourth-order valence-corrected chi connectivity index (χ4v) is 4.42. The number of piperidine rings is 1. The van der Waals surface area contributed by atoms with Crippen molar-refractivity contribution in [2.75, 3.05) is 51.5 Å². The topological polar surface area (TPSA) is 71.2 Å². The Hall–Kier alpha value is -2.19. The highest BCUT2D eigenvalue weighted by Gasteiger charge is 2.29. The van der Waals surface area contributed by atoms with Gasteiger partial charge in [-0.2, -0.15) is 0 Å². The van der Waals surface area contributed by atoms with E-state index >= 15 is 0 Å². The predicted molar refractivity (Wildman–Crippen MR) is 131 cm³/mol. The summed E-state index contributed by atoms with van der Waals surface area (Å²) in [5.74, 6) is 0.857. The molecule has 1 aliphatic heterocycles. The zero-order valence-corrected chi connectivity index (χ0v) is 20.1. The minimum atomic E-state index is -0.593. The van der Waals surface area contributed by atoms with Gasteiger partial charge < -0.3 is 24.0 Å². The maximum atomic E-state index is 10.6. The average Bonchev–Trinajstić information content (AvgIpc) is 3.23. The van der Waals surface area contributed by atoms with Crippen LogP contribution in [0.3, 0.4) is 0 Å². The molecule has 1 aliphatic rings. The van der Waals surface area contributed by atoms with Crippen molar-refractivity contribution in [2.24, 2.45) is 0 Å². The van der Waals surface area contributed by atoms with E-state index in [0.29, 0.717) is 32.3 Å². The Kier molecular flexibility index (Phi) is 10.4. The fraction of sp³-hybridized carbons (Fsp3) is 0.577. The summed E-state index contributed by atoms with van der Waals surface area (Å²) < 4.78 is 16.7. The third kappa shape index (κ3) is 7.40. The fourth-order valence-electron chi connectivity index (χ4n) is 4.42. The number of aliphatic hydroxyl groups excluding tert-OH is 1. The lowest BCUT2D eigenvalue weighted by Gasteiger charge is -2.34. The van der Waals surface area contributed by atoms with Gasteiger partial charge >= 0.3 is 0 Å². The molecule has 33 heavy (non-hydrogen) atoms. The van der Waals surface area contributed by atoms with E-state index in [1.807, 2.05) is 18.2 Å². The summed E-state index contributed by atoms with van der Waals surface area (Å²) in [5.41, 5.74) is 2.99. The molecular formula is C26H39N3O4. The lowest BCUT2D eigenvalue weighted by atomic mass is 10.0. The molecular weight excluding hydrogens is 418 g/mol. The van der Waals surface area contributed by atoms with Crippen LogP contribution in [0, 0.1) is 0 Å². The summed E-state index contributed by atoms with van der Waals surface area (Å²) in [5, 5.41) is 15.1. The summed E-state index contributed by atoms with van der Waals surface area (Å²) in [6, 6.07) is 10.6. The Morgan fingerprint density at radius 2 is 2.15 bits per heavy atom. The van der Waals surface area contributed by atoms with Gasteiger partial charge in [-0.3, -0.25) is 4.90 Å². The van der Waals surface area contributed by atoms with Gasteiger partial charge in [0.15, 0.2) is 0 Å². The van der Waals surface area contributed by atoms with Crippen molar-refractivity contribution in [3.05, 3.63) is 48.6 Å². The first-order valence-corrected chi connectivity index (χ1v) is 12.0. The second-order valence-corrected chi connectivity index (χ2v) is 8.78.